The fourth-order valence-electron chi connectivity index (χ4n) is 4.55. The number of para-hydroxylation sites is 1. The summed E-state index contributed by atoms with van der Waals surface area (Å²) in [4.78, 5) is 4.68. The Morgan fingerprint density at radius 1 is 0.545 bits per heavy atom. The summed E-state index contributed by atoms with van der Waals surface area (Å²) < 4.78 is 6.36. The molecule has 158 valence electrons. The first-order valence-electron chi connectivity index (χ1n) is 11.3. The van der Waals surface area contributed by atoms with Crippen LogP contribution in [0.4, 0.5) is 0 Å². The molecule has 2 aromatic heterocycles. The zero-order valence-electron chi connectivity index (χ0n) is 18.2. The molecule has 2 heterocycles. The Balaban J connectivity index is 1.40. The summed E-state index contributed by atoms with van der Waals surface area (Å²) in [6.07, 6.45) is 3.69. The highest BCUT2D eigenvalue weighted by atomic mass is 16.3. The SMILES string of the molecule is c1ccc(Cc2ccnc(-c3cccc4c3oc3ccc(Cc5ccccc5)cc34)c2)cc1. The lowest BCUT2D eigenvalue weighted by Crippen LogP contribution is -1.91. The van der Waals surface area contributed by atoms with Crippen molar-refractivity contribution in [1.82, 2.24) is 4.98 Å². The lowest BCUT2D eigenvalue weighted by atomic mass is 10.0. The van der Waals surface area contributed by atoms with E-state index in [9.17, 15) is 0 Å². The Morgan fingerprint density at radius 3 is 1.97 bits per heavy atom. The predicted octanol–water partition coefficient (Wildman–Crippen LogP) is 7.83. The first-order chi connectivity index (χ1) is 16.3. The standard InChI is InChI=1S/C31H23NO/c1-3-8-22(9-4-1)18-24-14-15-30-28(20-24)26-12-7-13-27(31(26)33-30)29-21-25(16-17-32-29)19-23-10-5-2-6-11-23/h1-17,20-21H,18-19H2. The van der Waals surface area contributed by atoms with Crippen LogP contribution >= 0.6 is 0 Å². The topological polar surface area (TPSA) is 26.0 Å². The van der Waals surface area contributed by atoms with Gasteiger partial charge < -0.3 is 4.42 Å². The summed E-state index contributed by atoms with van der Waals surface area (Å²) in [6, 6.07) is 38.2. The van der Waals surface area contributed by atoms with E-state index in [-0.39, 0.29) is 0 Å². The summed E-state index contributed by atoms with van der Waals surface area (Å²) in [5.74, 6) is 0. The van der Waals surface area contributed by atoms with E-state index in [1.54, 1.807) is 0 Å². The lowest BCUT2D eigenvalue weighted by Gasteiger charge is -2.06. The van der Waals surface area contributed by atoms with Crippen molar-refractivity contribution in [2.75, 3.05) is 0 Å². The molecule has 0 bridgehead atoms. The van der Waals surface area contributed by atoms with Gasteiger partial charge in [-0.15, -0.1) is 0 Å². The molecule has 0 amide bonds. The molecular formula is C31H23NO. The van der Waals surface area contributed by atoms with Gasteiger partial charge in [0.1, 0.15) is 11.2 Å². The normalized spacial score (nSPS) is 11.3. The van der Waals surface area contributed by atoms with Crippen molar-refractivity contribution < 1.29 is 4.42 Å². The largest absolute Gasteiger partial charge is 0.455 e. The number of hydrogen-bond acceptors (Lipinski definition) is 2. The highest BCUT2D eigenvalue weighted by molar-refractivity contribution is 6.09. The molecule has 0 fully saturated rings. The van der Waals surface area contributed by atoms with Crippen molar-refractivity contribution >= 4 is 21.9 Å². The van der Waals surface area contributed by atoms with Crippen molar-refractivity contribution in [3.63, 3.8) is 0 Å². The van der Waals surface area contributed by atoms with Gasteiger partial charge in [0, 0.05) is 22.5 Å². The first-order valence-corrected chi connectivity index (χ1v) is 11.3. The third-order valence-corrected chi connectivity index (χ3v) is 6.16. The molecule has 33 heavy (non-hydrogen) atoms. The summed E-state index contributed by atoms with van der Waals surface area (Å²) in [5, 5.41) is 2.29. The molecule has 0 saturated carbocycles. The quantitative estimate of drug-likeness (QED) is 0.281. The molecule has 0 aliphatic carbocycles. The molecular weight excluding hydrogens is 402 g/mol. The van der Waals surface area contributed by atoms with Crippen LogP contribution in [0.3, 0.4) is 0 Å². The number of aromatic nitrogens is 1. The van der Waals surface area contributed by atoms with Gasteiger partial charge in [0.15, 0.2) is 0 Å². The molecule has 4 aromatic carbocycles. The molecule has 0 N–H and O–H groups in total. The monoisotopic (exact) mass is 425 g/mol. The van der Waals surface area contributed by atoms with Gasteiger partial charge in [-0.25, -0.2) is 0 Å². The minimum Gasteiger partial charge on any atom is -0.455 e. The Hall–Kier alpha value is -4.17. The minimum atomic E-state index is 0.884. The van der Waals surface area contributed by atoms with E-state index >= 15 is 0 Å². The number of furan rings is 1. The van der Waals surface area contributed by atoms with Crippen LogP contribution in [-0.4, -0.2) is 4.98 Å². The van der Waals surface area contributed by atoms with E-state index in [2.05, 4.69) is 114 Å². The highest BCUT2D eigenvalue weighted by Gasteiger charge is 2.14. The summed E-state index contributed by atoms with van der Waals surface area (Å²) >= 11 is 0. The van der Waals surface area contributed by atoms with Crippen molar-refractivity contribution in [3.8, 4) is 11.3 Å². The van der Waals surface area contributed by atoms with E-state index in [1.807, 2.05) is 6.20 Å². The van der Waals surface area contributed by atoms with Gasteiger partial charge in [-0.3, -0.25) is 4.98 Å². The molecule has 0 radical (unpaired) electrons. The van der Waals surface area contributed by atoms with E-state index in [1.165, 1.54) is 22.3 Å². The number of rotatable bonds is 5. The second kappa shape index (κ2) is 8.40. The lowest BCUT2D eigenvalue weighted by molar-refractivity contribution is 0.669. The average Bonchev–Trinajstić information content (AvgIpc) is 3.24. The summed E-state index contributed by atoms with van der Waals surface area (Å²) in [7, 11) is 0. The van der Waals surface area contributed by atoms with Crippen molar-refractivity contribution in [1.29, 1.82) is 0 Å². The summed E-state index contributed by atoms with van der Waals surface area (Å²) in [6.45, 7) is 0. The third-order valence-electron chi connectivity index (χ3n) is 6.16. The summed E-state index contributed by atoms with van der Waals surface area (Å²) in [5.41, 5.74) is 8.91. The van der Waals surface area contributed by atoms with Crippen LogP contribution in [0.25, 0.3) is 33.2 Å². The van der Waals surface area contributed by atoms with Crippen LogP contribution in [0.2, 0.25) is 0 Å². The van der Waals surface area contributed by atoms with Gasteiger partial charge in [0.25, 0.3) is 0 Å². The molecule has 0 atom stereocenters. The van der Waals surface area contributed by atoms with E-state index in [0.29, 0.717) is 0 Å². The number of pyridine rings is 1. The fraction of sp³-hybridized carbons (Fsp3) is 0.0645. The number of benzene rings is 4. The molecule has 2 nitrogen and oxygen atoms in total. The Morgan fingerprint density at radius 2 is 1.24 bits per heavy atom. The average molecular weight is 426 g/mol. The van der Waals surface area contributed by atoms with Crippen LogP contribution in [0.15, 0.2) is 120 Å². The predicted molar refractivity (Wildman–Crippen MR) is 135 cm³/mol. The van der Waals surface area contributed by atoms with E-state index in [4.69, 9.17) is 4.42 Å². The van der Waals surface area contributed by atoms with Gasteiger partial charge in [-0.1, -0.05) is 78.9 Å². The van der Waals surface area contributed by atoms with Gasteiger partial charge in [0.05, 0.1) is 5.69 Å². The maximum atomic E-state index is 6.36. The second-order valence-electron chi connectivity index (χ2n) is 8.49. The zero-order chi connectivity index (χ0) is 22.0. The first kappa shape index (κ1) is 19.5. The maximum absolute atomic E-state index is 6.36. The second-order valence-corrected chi connectivity index (χ2v) is 8.49. The van der Waals surface area contributed by atoms with Crippen LogP contribution in [-0.2, 0) is 12.8 Å². The van der Waals surface area contributed by atoms with Gasteiger partial charge in [-0.2, -0.15) is 0 Å². The Bertz CT molecular complexity index is 1550. The highest BCUT2D eigenvalue weighted by Crippen LogP contribution is 2.36. The number of hydrogen-bond donors (Lipinski definition) is 0. The third kappa shape index (κ3) is 3.92. The molecule has 0 aliphatic heterocycles. The zero-order valence-corrected chi connectivity index (χ0v) is 18.2. The Labute approximate surface area is 193 Å². The van der Waals surface area contributed by atoms with Crippen molar-refractivity contribution in [2.45, 2.75) is 12.8 Å². The molecule has 0 aliphatic rings. The van der Waals surface area contributed by atoms with Crippen molar-refractivity contribution in [2.24, 2.45) is 0 Å². The van der Waals surface area contributed by atoms with Gasteiger partial charge in [0.2, 0.25) is 0 Å². The maximum Gasteiger partial charge on any atom is 0.144 e. The fourth-order valence-corrected chi connectivity index (χ4v) is 4.55. The smallest absolute Gasteiger partial charge is 0.144 e. The van der Waals surface area contributed by atoms with Gasteiger partial charge in [-0.05, 0) is 65.4 Å². The van der Waals surface area contributed by atoms with Crippen LogP contribution in [0.1, 0.15) is 22.3 Å². The van der Waals surface area contributed by atoms with Crippen LogP contribution in [0.5, 0.6) is 0 Å². The number of fused-ring (bicyclic) bond motifs is 3. The van der Waals surface area contributed by atoms with E-state index < -0.39 is 0 Å². The molecule has 0 spiro atoms. The molecule has 0 unspecified atom stereocenters. The van der Waals surface area contributed by atoms with E-state index in [0.717, 1.165) is 46.0 Å². The minimum absolute atomic E-state index is 0.884. The van der Waals surface area contributed by atoms with Crippen LogP contribution < -0.4 is 0 Å². The molecule has 6 aromatic rings. The van der Waals surface area contributed by atoms with Gasteiger partial charge >= 0.3 is 0 Å². The molecule has 2 heteroatoms. The van der Waals surface area contributed by atoms with Crippen molar-refractivity contribution in [3.05, 3.63) is 138 Å². The molecule has 6 rings (SSSR count). The Kier molecular flexibility index (Phi) is 4.97. The van der Waals surface area contributed by atoms with Crippen LogP contribution in [0, 0.1) is 0 Å². The number of nitrogens with zero attached hydrogens (tertiary/aromatic N) is 1. The molecule has 0 saturated heterocycles.